The minimum atomic E-state index is 0.593. The second kappa shape index (κ2) is 5.58. The molecule has 1 aromatic heterocycles. The third kappa shape index (κ3) is 3.53. The molecule has 0 bridgehead atoms. The maximum Gasteiger partial charge on any atom is 0.131 e. The van der Waals surface area contributed by atoms with Crippen LogP contribution in [0.5, 0.6) is 0 Å². The van der Waals surface area contributed by atoms with Crippen molar-refractivity contribution in [1.29, 1.82) is 0 Å². The van der Waals surface area contributed by atoms with Crippen LogP contribution in [0.25, 0.3) is 0 Å². The Morgan fingerprint density at radius 2 is 1.84 bits per heavy atom. The van der Waals surface area contributed by atoms with Crippen LogP contribution >= 0.6 is 0 Å². The maximum atomic E-state index is 4.81. The quantitative estimate of drug-likeness (QED) is 0.901. The summed E-state index contributed by atoms with van der Waals surface area (Å²) in [5, 5.41) is 3.55. The Labute approximate surface area is 116 Å². The van der Waals surface area contributed by atoms with Gasteiger partial charge < -0.3 is 5.32 Å². The summed E-state index contributed by atoms with van der Waals surface area (Å²) < 4.78 is 0. The number of rotatable bonds is 4. The fourth-order valence-electron chi connectivity index (χ4n) is 2.99. The van der Waals surface area contributed by atoms with Gasteiger partial charge in [-0.15, -0.1) is 0 Å². The van der Waals surface area contributed by atoms with Gasteiger partial charge in [0.05, 0.1) is 5.69 Å². The largest absolute Gasteiger partial charge is 0.308 e. The molecule has 0 unspecified atom stereocenters. The van der Waals surface area contributed by atoms with Crippen molar-refractivity contribution in [3.8, 4) is 0 Å². The number of hydrogen-bond acceptors (Lipinski definition) is 3. The molecule has 0 aliphatic heterocycles. The fraction of sp³-hybridized carbons (Fsp3) is 0.750. The van der Waals surface area contributed by atoms with Crippen molar-refractivity contribution in [2.45, 2.75) is 70.9 Å². The Balaban J connectivity index is 1.69. The summed E-state index contributed by atoms with van der Waals surface area (Å²) in [7, 11) is 0. The summed E-state index contributed by atoms with van der Waals surface area (Å²) in [5.41, 5.74) is 2.30. The number of aryl methyl sites for hydroxylation is 1. The lowest BCUT2D eigenvalue weighted by Crippen LogP contribution is -2.19. The van der Waals surface area contributed by atoms with Crippen molar-refractivity contribution in [2.24, 2.45) is 5.92 Å². The molecule has 0 atom stereocenters. The molecule has 2 saturated carbocycles. The van der Waals surface area contributed by atoms with E-state index in [-0.39, 0.29) is 0 Å². The van der Waals surface area contributed by atoms with E-state index in [9.17, 15) is 0 Å². The molecule has 0 amide bonds. The lowest BCUT2D eigenvalue weighted by Gasteiger charge is -2.25. The van der Waals surface area contributed by atoms with E-state index < -0.39 is 0 Å². The van der Waals surface area contributed by atoms with Crippen LogP contribution in [0.15, 0.2) is 6.07 Å². The summed E-state index contributed by atoms with van der Waals surface area (Å²) >= 11 is 0. The van der Waals surface area contributed by atoms with Gasteiger partial charge in [-0.05, 0) is 44.6 Å². The third-order valence-electron chi connectivity index (χ3n) is 4.45. The van der Waals surface area contributed by atoms with E-state index in [2.05, 4.69) is 30.2 Å². The average molecular weight is 259 g/mol. The normalized spacial score (nSPS) is 27.5. The zero-order valence-corrected chi connectivity index (χ0v) is 12.2. The van der Waals surface area contributed by atoms with Crippen LogP contribution in [0.2, 0.25) is 0 Å². The van der Waals surface area contributed by atoms with Crippen LogP contribution in [0.3, 0.4) is 0 Å². The Bertz CT molecular complexity index is 432. The van der Waals surface area contributed by atoms with Crippen LogP contribution in [-0.4, -0.2) is 16.0 Å². The molecule has 3 rings (SSSR count). The summed E-state index contributed by atoms with van der Waals surface area (Å²) in [6, 6.07) is 2.87. The average Bonchev–Trinajstić information content (AvgIpc) is 3.20. The molecule has 0 spiro atoms. The molecule has 1 heterocycles. The molecule has 0 aromatic carbocycles. The highest BCUT2D eigenvalue weighted by Crippen LogP contribution is 2.34. The lowest BCUT2D eigenvalue weighted by atomic mass is 9.82. The SMILES string of the molecule is Cc1cc(CNC2CC2)nc(C2CCC(C)CC2)n1. The van der Waals surface area contributed by atoms with E-state index in [1.807, 2.05) is 0 Å². The highest BCUT2D eigenvalue weighted by Gasteiger charge is 2.23. The minimum Gasteiger partial charge on any atom is -0.308 e. The number of hydrogen-bond donors (Lipinski definition) is 1. The first-order valence-corrected chi connectivity index (χ1v) is 7.78. The Kier molecular flexibility index (Phi) is 3.83. The van der Waals surface area contributed by atoms with Crippen molar-refractivity contribution in [1.82, 2.24) is 15.3 Å². The van der Waals surface area contributed by atoms with Gasteiger partial charge in [0.25, 0.3) is 0 Å². The highest BCUT2D eigenvalue weighted by atomic mass is 15.0. The molecule has 1 N–H and O–H groups in total. The van der Waals surface area contributed by atoms with E-state index >= 15 is 0 Å². The number of nitrogens with one attached hydrogen (secondary N) is 1. The molecule has 2 fully saturated rings. The molecule has 0 saturated heterocycles. The van der Waals surface area contributed by atoms with Crippen LogP contribution in [0.4, 0.5) is 0 Å². The second-order valence-corrected chi connectivity index (χ2v) is 6.47. The van der Waals surface area contributed by atoms with Crippen molar-refractivity contribution in [2.75, 3.05) is 0 Å². The van der Waals surface area contributed by atoms with Crippen molar-refractivity contribution >= 4 is 0 Å². The molecular formula is C16H25N3. The highest BCUT2D eigenvalue weighted by molar-refractivity contribution is 5.13. The van der Waals surface area contributed by atoms with Crippen LogP contribution in [0.1, 0.15) is 68.6 Å². The Morgan fingerprint density at radius 3 is 2.53 bits per heavy atom. The van der Waals surface area contributed by atoms with Crippen LogP contribution in [0, 0.1) is 12.8 Å². The zero-order valence-electron chi connectivity index (χ0n) is 12.2. The lowest BCUT2D eigenvalue weighted by molar-refractivity contribution is 0.339. The van der Waals surface area contributed by atoms with Gasteiger partial charge in [-0.3, -0.25) is 0 Å². The molecule has 2 aliphatic carbocycles. The van der Waals surface area contributed by atoms with Gasteiger partial charge in [0.1, 0.15) is 5.82 Å². The smallest absolute Gasteiger partial charge is 0.131 e. The second-order valence-electron chi connectivity index (χ2n) is 6.47. The molecule has 19 heavy (non-hydrogen) atoms. The predicted molar refractivity (Wildman–Crippen MR) is 77.0 cm³/mol. The Hall–Kier alpha value is -0.960. The van der Waals surface area contributed by atoms with Crippen LogP contribution in [-0.2, 0) is 6.54 Å². The van der Waals surface area contributed by atoms with Gasteiger partial charge in [-0.25, -0.2) is 9.97 Å². The summed E-state index contributed by atoms with van der Waals surface area (Å²) in [4.78, 5) is 9.49. The van der Waals surface area contributed by atoms with E-state index in [4.69, 9.17) is 4.98 Å². The zero-order chi connectivity index (χ0) is 13.2. The number of aromatic nitrogens is 2. The molecule has 0 radical (unpaired) electrons. The molecular weight excluding hydrogens is 234 g/mol. The van der Waals surface area contributed by atoms with Crippen LogP contribution < -0.4 is 5.32 Å². The standard InChI is InChI=1S/C16H25N3/c1-11-3-5-13(6-4-11)16-18-12(2)9-15(19-16)10-17-14-7-8-14/h9,11,13-14,17H,3-8,10H2,1-2H3. The topological polar surface area (TPSA) is 37.8 Å². The monoisotopic (exact) mass is 259 g/mol. The third-order valence-corrected chi connectivity index (χ3v) is 4.45. The van der Waals surface area contributed by atoms with Crippen molar-refractivity contribution in [3.05, 3.63) is 23.3 Å². The molecule has 3 heteroatoms. The van der Waals surface area contributed by atoms with Gasteiger partial charge in [0.2, 0.25) is 0 Å². The molecule has 1 aromatic rings. The van der Waals surface area contributed by atoms with E-state index in [1.54, 1.807) is 0 Å². The first-order valence-electron chi connectivity index (χ1n) is 7.78. The first kappa shape index (κ1) is 13.0. The fourth-order valence-corrected chi connectivity index (χ4v) is 2.99. The molecule has 2 aliphatic rings. The van der Waals surface area contributed by atoms with Gasteiger partial charge >= 0.3 is 0 Å². The maximum absolute atomic E-state index is 4.81. The van der Waals surface area contributed by atoms with Gasteiger partial charge in [-0.1, -0.05) is 19.8 Å². The number of nitrogens with zero attached hydrogens (tertiary/aromatic N) is 2. The van der Waals surface area contributed by atoms with Gasteiger partial charge in [0, 0.05) is 24.2 Å². The minimum absolute atomic E-state index is 0.593. The molecule has 104 valence electrons. The van der Waals surface area contributed by atoms with Crippen molar-refractivity contribution < 1.29 is 0 Å². The van der Waals surface area contributed by atoms with E-state index in [0.717, 1.165) is 30.0 Å². The summed E-state index contributed by atoms with van der Waals surface area (Å²) in [6.07, 6.45) is 7.85. The van der Waals surface area contributed by atoms with Gasteiger partial charge in [-0.2, -0.15) is 0 Å². The van der Waals surface area contributed by atoms with Crippen molar-refractivity contribution in [3.63, 3.8) is 0 Å². The molecule has 3 nitrogen and oxygen atoms in total. The Morgan fingerprint density at radius 1 is 1.11 bits per heavy atom. The first-order chi connectivity index (χ1) is 9.20. The van der Waals surface area contributed by atoms with E-state index in [1.165, 1.54) is 44.2 Å². The predicted octanol–water partition coefficient (Wildman–Crippen LogP) is 3.33. The van der Waals surface area contributed by atoms with Gasteiger partial charge in [0.15, 0.2) is 0 Å². The summed E-state index contributed by atoms with van der Waals surface area (Å²) in [5.74, 6) is 2.58. The van der Waals surface area contributed by atoms with E-state index in [0.29, 0.717) is 5.92 Å². The summed E-state index contributed by atoms with van der Waals surface area (Å²) in [6.45, 7) is 5.36.